The summed E-state index contributed by atoms with van der Waals surface area (Å²) in [6, 6.07) is 17.2. The Balaban J connectivity index is 1.34. The van der Waals surface area contributed by atoms with E-state index >= 15 is 0 Å². The molecular formula is C23H29N7. The molecule has 1 atom stereocenters. The van der Waals surface area contributed by atoms with Gasteiger partial charge in [-0.15, -0.1) is 0 Å². The molecule has 156 valence electrons. The van der Waals surface area contributed by atoms with E-state index in [0.717, 1.165) is 24.7 Å². The number of anilines is 1. The SMILES string of the molecule is CN=C(NCc1ccc(-n2cncn2)cc1)NC(C)c1cccc(N2CCCC2)c1. The van der Waals surface area contributed by atoms with Gasteiger partial charge in [0.05, 0.1) is 11.7 Å². The summed E-state index contributed by atoms with van der Waals surface area (Å²) in [5.41, 5.74) is 4.74. The smallest absolute Gasteiger partial charge is 0.191 e. The first kappa shape index (κ1) is 19.9. The van der Waals surface area contributed by atoms with Gasteiger partial charge in [-0.1, -0.05) is 24.3 Å². The first-order valence-electron chi connectivity index (χ1n) is 10.5. The van der Waals surface area contributed by atoms with E-state index in [1.807, 2.05) is 12.1 Å². The Kier molecular flexibility index (Phi) is 6.27. The maximum Gasteiger partial charge on any atom is 0.191 e. The van der Waals surface area contributed by atoms with Gasteiger partial charge < -0.3 is 15.5 Å². The number of hydrogen-bond acceptors (Lipinski definition) is 4. The molecule has 1 fully saturated rings. The van der Waals surface area contributed by atoms with Crippen LogP contribution in [0.3, 0.4) is 0 Å². The van der Waals surface area contributed by atoms with Crippen LogP contribution in [0.5, 0.6) is 0 Å². The number of aromatic nitrogens is 3. The first-order valence-corrected chi connectivity index (χ1v) is 10.5. The summed E-state index contributed by atoms with van der Waals surface area (Å²) in [5.74, 6) is 0.787. The second kappa shape index (κ2) is 9.43. The van der Waals surface area contributed by atoms with Crippen LogP contribution in [0.15, 0.2) is 66.2 Å². The third-order valence-corrected chi connectivity index (χ3v) is 5.50. The first-order chi connectivity index (χ1) is 14.7. The molecule has 7 nitrogen and oxygen atoms in total. The molecule has 0 saturated carbocycles. The van der Waals surface area contributed by atoms with Gasteiger partial charge in [-0.3, -0.25) is 4.99 Å². The predicted molar refractivity (Wildman–Crippen MR) is 121 cm³/mol. The van der Waals surface area contributed by atoms with Crippen molar-refractivity contribution < 1.29 is 0 Å². The van der Waals surface area contributed by atoms with Crippen LogP contribution >= 0.6 is 0 Å². The Labute approximate surface area is 177 Å². The van der Waals surface area contributed by atoms with Crippen molar-refractivity contribution in [2.24, 2.45) is 4.99 Å². The van der Waals surface area contributed by atoms with Gasteiger partial charge in [0.25, 0.3) is 0 Å². The number of guanidine groups is 1. The van der Waals surface area contributed by atoms with Gasteiger partial charge in [0.1, 0.15) is 12.7 Å². The highest BCUT2D eigenvalue weighted by Gasteiger charge is 2.14. The minimum Gasteiger partial charge on any atom is -0.372 e. The number of nitrogens with zero attached hydrogens (tertiary/aromatic N) is 5. The molecular weight excluding hydrogens is 374 g/mol. The summed E-state index contributed by atoms with van der Waals surface area (Å²) in [6.07, 6.45) is 5.80. The number of hydrogen-bond donors (Lipinski definition) is 2. The molecule has 1 saturated heterocycles. The minimum atomic E-state index is 0.161. The molecule has 2 heterocycles. The molecule has 7 heteroatoms. The maximum absolute atomic E-state index is 4.39. The average Bonchev–Trinajstić information content (AvgIpc) is 3.51. The molecule has 1 aliphatic heterocycles. The Bertz CT molecular complexity index is 957. The van der Waals surface area contributed by atoms with Crippen LogP contribution in [0.25, 0.3) is 5.69 Å². The van der Waals surface area contributed by atoms with Crippen LogP contribution in [0.4, 0.5) is 5.69 Å². The van der Waals surface area contributed by atoms with E-state index < -0.39 is 0 Å². The molecule has 0 amide bonds. The standard InChI is InChI=1S/C23H29N7/c1-18(20-6-5-7-22(14-20)29-12-3-4-13-29)28-23(24-2)26-15-19-8-10-21(11-9-19)30-17-25-16-27-30/h5-11,14,16-18H,3-4,12-13,15H2,1-2H3,(H2,24,26,28). The van der Waals surface area contributed by atoms with Gasteiger partial charge in [-0.05, 0) is 55.2 Å². The van der Waals surface area contributed by atoms with Crippen LogP contribution in [0.2, 0.25) is 0 Å². The second-order valence-electron chi connectivity index (χ2n) is 7.59. The molecule has 3 aromatic rings. The highest BCUT2D eigenvalue weighted by Crippen LogP contribution is 2.24. The topological polar surface area (TPSA) is 70.4 Å². The van der Waals surface area contributed by atoms with Crippen LogP contribution in [-0.4, -0.2) is 40.9 Å². The molecule has 30 heavy (non-hydrogen) atoms. The lowest BCUT2D eigenvalue weighted by Crippen LogP contribution is -2.38. The van der Waals surface area contributed by atoms with Crippen molar-refractivity contribution in [2.45, 2.75) is 32.4 Å². The summed E-state index contributed by atoms with van der Waals surface area (Å²) >= 11 is 0. The second-order valence-corrected chi connectivity index (χ2v) is 7.59. The quantitative estimate of drug-likeness (QED) is 0.488. The lowest BCUT2D eigenvalue weighted by molar-refractivity contribution is 0.685. The van der Waals surface area contributed by atoms with Crippen LogP contribution in [0, 0.1) is 0 Å². The molecule has 0 spiro atoms. The Morgan fingerprint density at radius 2 is 1.90 bits per heavy atom. The van der Waals surface area contributed by atoms with Crippen molar-refractivity contribution in [1.82, 2.24) is 25.4 Å². The monoisotopic (exact) mass is 403 g/mol. The van der Waals surface area contributed by atoms with Crippen molar-refractivity contribution >= 4 is 11.6 Å². The van der Waals surface area contributed by atoms with Crippen molar-refractivity contribution in [3.05, 3.63) is 72.3 Å². The van der Waals surface area contributed by atoms with Gasteiger partial charge in [0, 0.05) is 32.4 Å². The largest absolute Gasteiger partial charge is 0.372 e. The Hall–Kier alpha value is -3.35. The van der Waals surface area contributed by atoms with Gasteiger partial charge in [-0.25, -0.2) is 9.67 Å². The molecule has 4 rings (SSSR count). The average molecular weight is 404 g/mol. The lowest BCUT2D eigenvalue weighted by Gasteiger charge is -2.22. The molecule has 1 unspecified atom stereocenters. The van der Waals surface area contributed by atoms with E-state index in [0.29, 0.717) is 6.54 Å². The Morgan fingerprint density at radius 3 is 2.60 bits per heavy atom. The van der Waals surface area contributed by atoms with Gasteiger partial charge >= 0.3 is 0 Å². The molecule has 2 aromatic carbocycles. The number of benzene rings is 2. The molecule has 1 aromatic heterocycles. The fourth-order valence-corrected chi connectivity index (χ4v) is 3.74. The molecule has 1 aliphatic rings. The maximum atomic E-state index is 4.39. The molecule has 0 radical (unpaired) electrons. The third-order valence-electron chi connectivity index (χ3n) is 5.50. The van der Waals surface area contributed by atoms with E-state index in [1.54, 1.807) is 18.1 Å². The van der Waals surface area contributed by atoms with Crippen LogP contribution < -0.4 is 15.5 Å². The lowest BCUT2D eigenvalue weighted by atomic mass is 10.1. The van der Waals surface area contributed by atoms with Crippen molar-refractivity contribution in [3.63, 3.8) is 0 Å². The van der Waals surface area contributed by atoms with Crippen molar-refractivity contribution in [1.29, 1.82) is 0 Å². The summed E-state index contributed by atoms with van der Waals surface area (Å²) in [7, 11) is 1.80. The zero-order valence-electron chi connectivity index (χ0n) is 17.6. The van der Waals surface area contributed by atoms with E-state index in [1.165, 1.54) is 36.0 Å². The molecule has 0 bridgehead atoms. The zero-order valence-corrected chi connectivity index (χ0v) is 17.6. The zero-order chi connectivity index (χ0) is 20.8. The summed E-state index contributed by atoms with van der Waals surface area (Å²) < 4.78 is 1.75. The van der Waals surface area contributed by atoms with Gasteiger partial charge in [-0.2, -0.15) is 5.10 Å². The van der Waals surface area contributed by atoms with E-state index in [-0.39, 0.29) is 6.04 Å². The third kappa shape index (κ3) is 4.79. The van der Waals surface area contributed by atoms with E-state index in [4.69, 9.17) is 0 Å². The number of rotatable bonds is 6. The predicted octanol–water partition coefficient (Wildman–Crippen LogP) is 3.29. The molecule has 0 aliphatic carbocycles. The summed E-state index contributed by atoms with van der Waals surface area (Å²) in [4.78, 5) is 10.8. The summed E-state index contributed by atoms with van der Waals surface area (Å²) in [6.45, 7) is 5.18. The van der Waals surface area contributed by atoms with E-state index in [9.17, 15) is 0 Å². The number of aliphatic imine (C=N–C) groups is 1. The van der Waals surface area contributed by atoms with Crippen LogP contribution in [-0.2, 0) is 6.54 Å². The van der Waals surface area contributed by atoms with Crippen LogP contribution in [0.1, 0.15) is 36.9 Å². The van der Waals surface area contributed by atoms with Gasteiger partial charge in [0.2, 0.25) is 0 Å². The van der Waals surface area contributed by atoms with Crippen molar-refractivity contribution in [3.8, 4) is 5.69 Å². The highest BCUT2D eigenvalue weighted by atomic mass is 15.3. The highest BCUT2D eigenvalue weighted by molar-refractivity contribution is 5.80. The van der Waals surface area contributed by atoms with Gasteiger partial charge in [0.15, 0.2) is 5.96 Å². The van der Waals surface area contributed by atoms with Crippen molar-refractivity contribution in [2.75, 3.05) is 25.0 Å². The Morgan fingerprint density at radius 1 is 1.10 bits per heavy atom. The minimum absolute atomic E-state index is 0.161. The fourth-order valence-electron chi connectivity index (χ4n) is 3.74. The van der Waals surface area contributed by atoms with E-state index in [2.05, 4.69) is 73.9 Å². The normalized spacial score (nSPS) is 15.3. The fraction of sp³-hybridized carbons (Fsp3) is 0.348. The number of nitrogens with one attached hydrogen (secondary N) is 2. The summed E-state index contributed by atoms with van der Waals surface area (Å²) in [5, 5.41) is 11.1. The molecule has 2 N–H and O–H groups in total.